The van der Waals surface area contributed by atoms with Gasteiger partial charge in [0.05, 0.1) is 0 Å². The molecule has 0 bridgehead atoms. The second kappa shape index (κ2) is 5.41. The van der Waals surface area contributed by atoms with Crippen LogP contribution in [0.4, 0.5) is 4.39 Å². The molecule has 1 aliphatic carbocycles. The summed E-state index contributed by atoms with van der Waals surface area (Å²) in [6.45, 7) is 2.66. The van der Waals surface area contributed by atoms with Crippen molar-refractivity contribution in [3.05, 3.63) is 35.1 Å². The van der Waals surface area contributed by atoms with Crippen LogP contribution in [0.25, 0.3) is 0 Å². The molecular formula is C14H18FNO. The highest BCUT2D eigenvalue weighted by atomic mass is 19.1. The molecule has 0 radical (unpaired) electrons. The summed E-state index contributed by atoms with van der Waals surface area (Å²) in [5.41, 5.74) is 1.79. The number of hydrogen-bond donors (Lipinski definition) is 1. The van der Waals surface area contributed by atoms with Crippen molar-refractivity contribution in [2.45, 2.75) is 38.6 Å². The quantitative estimate of drug-likeness (QED) is 0.820. The maximum absolute atomic E-state index is 13.0. The van der Waals surface area contributed by atoms with Gasteiger partial charge in [-0.15, -0.1) is 0 Å². The van der Waals surface area contributed by atoms with E-state index in [1.54, 1.807) is 6.07 Å². The second-order valence-corrected chi connectivity index (χ2v) is 4.76. The Morgan fingerprint density at radius 2 is 2.24 bits per heavy atom. The molecule has 2 rings (SSSR count). The fourth-order valence-corrected chi connectivity index (χ4v) is 1.83. The smallest absolute Gasteiger partial charge is 0.138 e. The molecule has 1 saturated carbocycles. The fourth-order valence-electron chi connectivity index (χ4n) is 1.83. The summed E-state index contributed by atoms with van der Waals surface area (Å²) in [7, 11) is 0. The number of rotatable bonds is 6. The molecule has 1 N–H and O–H groups in total. The lowest BCUT2D eigenvalue weighted by molar-refractivity contribution is -0.118. The number of Topliss-reactive ketones (excluding diaryl/α,β-unsaturated/α-hetero) is 1. The minimum Gasteiger partial charge on any atom is -0.314 e. The van der Waals surface area contributed by atoms with E-state index in [1.165, 1.54) is 25.0 Å². The van der Waals surface area contributed by atoms with Crippen molar-refractivity contribution in [3.63, 3.8) is 0 Å². The first-order valence-electron chi connectivity index (χ1n) is 6.15. The van der Waals surface area contributed by atoms with Gasteiger partial charge in [-0.05, 0) is 43.0 Å². The third kappa shape index (κ3) is 3.93. The highest BCUT2D eigenvalue weighted by Crippen LogP contribution is 2.18. The average molecular weight is 235 g/mol. The van der Waals surface area contributed by atoms with Gasteiger partial charge in [0.2, 0.25) is 0 Å². The van der Waals surface area contributed by atoms with Gasteiger partial charge in [0.15, 0.2) is 0 Å². The van der Waals surface area contributed by atoms with E-state index < -0.39 is 0 Å². The van der Waals surface area contributed by atoms with Gasteiger partial charge in [-0.1, -0.05) is 6.07 Å². The van der Waals surface area contributed by atoms with Crippen molar-refractivity contribution < 1.29 is 9.18 Å². The third-order valence-electron chi connectivity index (χ3n) is 3.11. The molecule has 0 aliphatic heterocycles. The van der Waals surface area contributed by atoms with Crippen LogP contribution in [0.2, 0.25) is 0 Å². The van der Waals surface area contributed by atoms with Crippen LogP contribution >= 0.6 is 0 Å². The first kappa shape index (κ1) is 12.2. The zero-order chi connectivity index (χ0) is 12.3. The maximum atomic E-state index is 13.0. The van der Waals surface area contributed by atoms with Crippen molar-refractivity contribution in [3.8, 4) is 0 Å². The van der Waals surface area contributed by atoms with Crippen LogP contribution in [0.15, 0.2) is 18.2 Å². The van der Waals surface area contributed by atoms with Gasteiger partial charge < -0.3 is 5.32 Å². The molecule has 1 fully saturated rings. The summed E-state index contributed by atoms with van der Waals surface area (Å²) in [6.07, 6.45) is 3.34. The highest BCUT2D eigenvalue weighted by molar-refractivity contribution is 5.81. The average Bonchev–Trinajstić information content (AvgIpc) is 3.07. The predicted molar refractivity (Wildman–Crippen MR) is 65.5 cm³/mol. The predicted octanol–water partition coefficient (Wildman–Crippen LogP) is 2.39. The van der Waals surface area contributed by atoms with Crippen LogP contribution in [0.5, 0.6) is 0 Å². The van der Waals surface area contributed by atoms with Crippen LogP contribution in [-0.4, -0.2) is 18.4 Å². The van der Waals surface area contributed by atoms with Crippen LogP contribution in [0, 0.1) is 12.7 Å². The Balaban J connectivity index is 1.81. The summed E-state index contributed by atoms with van der Waals surface area (Å²) < 4.78 is 13.0. The van der Waals surface area contributed by atoms with E-state index in [0.29, 0.717) is 18.9 Å². The van der Waals surface area contributed by atoms with Crippen LogP contribution < -0.4 is 5.32 Å². The zero-order valence-corrected chi connectivity index (χ0v) is 10.1. The van der Waals surface area contributed by atoms with E-state index in [9.17, 15) is 9.18 Å². The molecule has 0 amide bonds. The van der Waals surface area contributed by atoms with Crippen molar-refractivity contribution in [1.29, 1.82) is 0 Å². The third-order valence-corrected chi connectivity index (χ3v) is 3.11. The molecule has 3 heteroatoms. The van der Waals surface area contributed by atoms with Gasteiger partial charge in [0.1, 0.15) is 11.6 Å². The first-order valence-corrected chi connectivity index (χ1v) is 6.15. The Morgan fingerprint density at radius 3 is 2.94 bits per heavy atom. The van der Waals surface area contributed by atoms with E-state index in [0.717, 1.165) is 17.7 Å². The number of benzene rings is 1. The Labute approximate surface area is 101 Å². The molecule has 0 saturated heterocycles. The van der Waals surface area contributed by atoms with Crippen LogP contribution in [0.3, 0.4) is 0 Å². The second-order valence-electron chi connectivity index (χ2n) is 4.76. The molecule has 1 aliphatic rings. The molecule has 2 nitrogen and oxygen atoms in total. The summed E-state index contributed by atoms with van der Waals surface area (Å²) in [5, 5.41) is 3.30. The van der Waals surface area contributed by atoms with Crippen LogP contribution in [-0.2, 0) is 11.2 Å². The molecule has 92 valence electrons. The number of nitrogens with one attached hydrogen (secondary N) is 1. The lowest BCUT2D eigenvalue weighted by Crippen LogP contribution is -2.21. The van der Waals surface area contributed by atoms with E-state index in [2.05, 4.69) is 5.32 Å². The number of carbonyl (C=O) groups is 1. The minimum absolute atomic E-state index is 0.173. The van der Waals surface area contributed by atoms with Crippen molar-refractivity contribution >= 4 is 5.78 Å². The van der Waals surface area contributed by atoms with Crippen molar-refractivity contribution in [1.82, 2.24) is 5.32 Å². The lowest BCUT2D eigenvalue weighted by atomic mass is 10.0. The first-order chi connectivity index (χ1) is 8.15. The highest BCUT2D eigenvalue weighted by Gasteiger charge is 2.20. The molecule has 17 heavy (non-hydrogen) atoms. The monoisotopic (exact) mass is 235 g/mol. The zero-order valence-electron chi connectivity index (χ0n) is 10.1. The lowest BCUT2D eigenvalue weighted by Gasteiger charge is -2.06. The molecule has 1 aromatic rings. The van der Waals surface area contributed by atoms with Gasteiger partial charge in [-0.25, -0.2) is 4.39 Å². The van der Waals surface area contributed by atoms with Gasteiger partial charge in [-0.3, -0.25) is 4.79 Å². The molecule has 0 unspecified atom stereocenters. The number of hydrogen-bond acceptors (Lipinski definition) is 2. The Kier molecular flexibility index (Phi) is 3.89. The Hall–Kier alpha value is -1.22. The topological polar surface area (TPSA) is 29.1 Å². The number of ketones is 1. The fraction of sp³-hybridized carbons (Fsp3) is 0.500. The summed E-state index contributed by atoms with van der Waals surface area (Å²) >= 11 is 0. The Bertz CT molecular complexity index is 413. The molecule has 0 heterocycles. The van der Waals surface area contributed by atoms with Crippen molar-refractivity contribution in [2.24, 2.45) is 0 Å². The number of carbonyl (C=O) groups excluding carboxylic acids is 1. The molecule has 0 aromatic heterocycles. The van der Waals surface area contributed by atoms with E-state index in [1.807, 2.05) is 6.92 Å². The summed E-state index contributed by atoms with van der Waals surface area (Å²) in [4.78, 5) is 11.7. The number of halogens is 1. The molecule has 1 aromatic carbocycles. The number of aryl methyl sites for hydroxylation is 1. The van der Waals surface area contributed by atoms with E-state index in [-0.39, 0.29) is 11.6 Å². The normalized spacial score (nSPS) is 14.9. The maximum Gasteiger partial charge on any atom is 0.138 e. The van der Waals surface area contributed by atoms with Crippen molar-refractivity contribution in [2.75, 3.05) is 6.54 Å². The molecular weight excluding hydrogens is 217 g/mol. The summed E-state index contributed by atoms with van der Waals surface area (Å²) in [6, 6.07) is 5.25. The van der Waals surface area contributed by atoms with Gasteiger partial charge in [0.25, 0.3) is 0 Å². The van der Waals surface area contributed by atoms with Gasteiger partial charge >= 0.3 is 0 Å². The van der Waals surface area contributed by atoms with Gasteiger partial charge in [-0.2, -0.15) is 0 Å². The molecule has 0 atom stereocenters. The van der Waals surface area contributed by atoms with Gasteiger partial charge in [0, 0.05) is 25.4 Å². The molecule has 0 spiro atoms. The SMILES string of the molecule is Cc1ccc(F)cc1CC(=O)CCNC1CC1. The summed E-state index contributed by atoms with van der Waals surface area (Å²) in [5.74, 6) is -0.0960. The Morgan fingerprint density at radius 1 is 1.47 bits per heavy atom. The van der Waals surface area contributed by atoms with E-state index >= 15 is 0 Å². The minimum atomic E-state index is -0.269. The van der Waals surface area contributed by atoms with Crippen LogP contribution in [0.1, 0.15) is 30.4 Å². The standard InChI is InChI=1S/C14H18FNO/c1-10-2-3-12(15)8-11(10)9-14(17)6-7-16-13-4-5-13/h2-3,8,13,16H,4-7,9H2,1H3. The van der Waals surface area contributed by atoms with E-state index in [4.69, 9.17) is 0 Å². The largest absolute Gasteiger partial charge is 0.314 e.